The van der Waals surface area contributed by atoms with Crippen molar-refractivity contribution in [2.45, 2.75) is 14.7 Å². The summed E-state index contributed by atoms with van der Waals surface area (Å²) in [4.78, 5) is 19.6. The Morgan fingerprint density at radius 2 is 1.35 bits per heavy atom. The van der Waals surface area contributed by atoms with Crippen LogP contribution in [0.25, 0.3) is 10.8 Å². The number of rotatable bonds is 8. The van der Waals surface area contributed by atoms with Crippen LogP contribution in [0.1, 0.15) is 0 Å². The van der Waals surface area contributed by atoms with Crippen LogP contribution in [-0.4, -0.2) is 59.9 Å². The first kappa shape index (κ1) is 31.8. The molecule has 0 saturated carbocycles. The third-order valence-corrected chi connectivity index (χ3v) is 8.13. The number of anilines is 3. The number of nitrogens with one attached hydrogen (secondary N) is 2. The van der Waals surface area contributed by atoms with Crippen molar-refractivity contribution < 1.29 is 43.7 Å². The normalized spacial score (nSPS) is 12.5. The molecule has 1 heterocycles. The Balaban J connectivity index is 1.87. The first-order valence-corrected chi connectivity index (χ1v) is 15.9. The van der Waals surface area contributed by atoms with Gasteiger partial charge in [-0.25, -0.2) is 4.79 Å². The highest BCUT2D eigenvalue weighted by Crippen LogP contribution is 2.37. The predicted molar refractivity (Wildman–Crippen MR) is 150 cm³/mol. The molecule has 0 saturated heterocycles. The van der Waals surface area contributed by atoms with E-state index in [2.05, 4.69) is 35.8 Å². The van der Waals surface area contributed by atoms with Gasteiger partial charge in [0.2, 0.25) is 16.5 Å². The van der Waals surface area contributed by atoms with Gasteiger partial charge in [0.15, 0.2) is 0 Å². The van der Waals surface area contributed by atoms with E-state index < -0.39 is 67.5 Å². The molecule has 4 rings (SSSR count). The lowest BCUT2D eigenvalue weighted by Gasteiger charge is -2.11. The van der Waals surface area contributed by atoms with Crippen molar-refractivity contribution in [2.24, 2.45) is 16.0 Å². The number of amides is 2. The van der Waals surface area contributed by atoms with Crippen LogP contribution in [0.2, 0.25) is 10.6 Å². The van der Waals surface area contributed by atoms with Gasteiger partial charge >= 0.3 is 6.03 Å². The van der Waals surface area contributed by atoms with E-state index in [1.807, 2.05) is 0 Å². The van der Waals surface area contributed by atoms with Gasteiger partial charge in [0.05, 0.1) is 16.3 Å². The first-order valence-electron chi connectivity index (χ1n) is 10.8. The summed E-state index contributed by atoms with van der Waals surface area (Å²) in [6.07, 6.45) is 0. The molecular formula is C20H14Cl2N8O10S3. The van der Waals surface area contributed by atoms with Gasteiger partial charge in [-0.1, -0.05) is 0 Å². The number of nitrogens with two attached hydrogens (primary N) is 1. The molecule has 0 aliphatic heterocycles. The molecule has 0 radical (unpaired) electrons. The zero-order valence-corrected chi connectivity index (χ0v) is 24.5. The molecule has 3 aromatic carbocycles. The van der Waals surface area contributed by atoms with Gasteiger partial charge in [0, 0.05) is 16.5 Å². The molecule has 226 valence electrons. The quantitative estimate of drug-likeness (QED) is 0.113. The standard InChI is InChI=1S/C20H14Cl2N8O10S3/c21-17-26-18(22)28-20(27-17)24-8-1-2-13(14(4-8)25-19(23)31)30-29-9-3-11-12(15(5-9)42(35,36)37)6-10(41(32,33)34)7-16(11)43(38,39)40/h1-7H,(H3,23,25,31)(H,32,33,34)(H,35,36,37)(H,38,39,40)(H,24,26,27,28). The number of nitrogens with zero attached hydrogens (tertiary/aromatic N) is 5. The minimum atomic E-state index is -5.24. The Labute approximate surface area is 251 Å². The summed E-state index contributed by atoms with van der Waals surface area (Å²) in [5.74, 6) is -0.0647. The van der Waals surface area contributed by atoms with Crippen LogP contribution in [0, 0.1) is 0 Å². The van der Waals surface area contributed by atoms with Crippen LogP contribution in [0.15, 0.2) is 67.4 Å². The van der Waals surface area contributed by atoms with Crippen molar-refractivity contribution in [1.82, 2.24) is 15.0 Å². The summed E-state index contributed by atoms with van der Waals surface area (Å²) in [5, 5.41) is 11.0. The number of urea groups is 1. The molecule has 1 aromatic heterocycles. The van der Waals surface area contributed by atoms with Crippen molar-refractivity contribution in [3.8, 4) is 0 Å². The fraction of sp³-hybridized carbons (Fsp3) is 0. The maximum Gasteiger partial charge on any atom is 0.316 e. The number of primary amides is 1. The van der Waals surface area contributed by atoms with E-state index in [1.54, 1.807) is 0 Å². The minimum absolute atomic E-state index is 0.0558. The number of azo groups is 1. The van der Waals surface area contributed by atoms with Gasteiger partial charge in [0.1, 0.15) is 15.5 Å². The van der Waals surface area contributed by atoms with E-state index in [4.69, 9.17) is 28.9 Å². The smallest absolute Gasteiger partial charge is 0.316 e. The summed E-state index contributed by atoms with van der Waals surface area (Å²) in [6.45, 7) is 0. The van der Waals surface area contributed by atoms with Crippen molar-refractivity contribution in [1.29, 1.82) is 0 Å². The average Bonchev–Trinajstić information content (AvgIpc) is 2.84. The van der Waals surface area contributed by atoms with Crippen molar-refractivity contribution >= 4 is 99.1 Å². The minimum Gasteiger partial charge on any atom is -0.351 e. The molecule has 18 nitrogen and oxygen atoms in total. The topological polar surface area (TPSA) is 294 Å². The monoisotopic (exact) mass is 692 g/mol. The van der Waals surface area contributed by atoms with Crippen LogP contribution in [-0.2, 0) is 30.4 Å². The maximum atomic E-state index is 12.2. The number of carbonyl (C=O) groups is 1. The molecular weight excluding hydrogens is 679 g/mol. The number of fused-ring (bicyclic) bond motifs is 1. The summed E-state index contributed by atoms with van der Waals surface area (Å²) in [5.41, 5.74) is 4.92. The van der Waals surface area contributed by atoms with Gasteiger partial charge < -0.3 is 16.4 Å². The largest absolute Gasteiger partial charge is 0.351 e. The molecule has 0 bridgehead atoms. The summed E-state index contributed by atoms with van der Waals surface area (Å²) in [7, 11) is -15.5. The lowest BCUT2D eigenvalue weighted by Crippen LogP contribution is -2.19. The second-order valence-corrected chi connectivity index (χ2v) is 13.0. The van der Waals surface area contributed by atoms with E-state index >= 15 is 0 Å². The third kappa shape index (κ3) is 7.66. The number of benzene rings is 3. The number of aromatic nitrogens is 3. The Hall–Kier alpha value is -4.09. The number of hydrogen-bond acceptors (Lipinski definition) is 13. The fourth-order valence-electron chi connectivity index (χ4n) is 3.55. The summed E-state index contributed by atoms with van der Waals surface area (Å²) < 4.78 is 101. The average molecular weight is 693 g/mol. The molecule has 0 atom stereocenters. The van der Waals surface area contributed by atoms with Crippen LogP contribution in [0.4, 0.5) is 33.5 Å². The maximum absolute atomic E-state index is 12.2. The van der Waals surface area contributed by atoms with Crippen LogP contribution < -0.4 is 16.4 Å². The Kier molecular flexibility index (Phi) is 8.54. The predicted octanol–water partition coefficient (Wildman–Crippen LogP) is 3.72. The zero-order chi connectivity index (χ0) is 31.9. The van der Waals surface area contributed by atoms with E-state index in [9.17, 15) is 43.7 Å². The molecule has 23 heteroatoms. The van der Waals surface area contributed by atoms with Crippen molar-refractivity contribution in [2.75, 3.05) is 10.6 Å². The van der Waals surface area contributed by atoms with Crippen LogP contribution >= 0.6 is 23.2 Å². The number of halogens is 2. The highest BCUT2D eigenvalue weighted by molar-refractivity contribution is 7.87. The lowest BCUT2D eigenvalue weighted by atomic mass is 10.1. The molecule has 0 unspecified atom stereocenters. The van der Waals surface area contributed by atoms with E-state index in [0.717, 1.165) is 6.07 Å². The van der Waals surface area contributed by atoms with E-state index in [0.29, 0.717) is 18.2 Å². The van der Waals surface area contributed by atoms with Gasteiger partial charge in [-0.05, 0) is 65.7 Å². The summed E-state index contributed by atoms with van der Waals surface area (Å²) in [6, 6.07) is 5.53. The molecule has 43 heavy (non-hydrogen) atoms. The second kappa shape index (κ2) is 11.5. The highest BCUT2D eigenvalue weighted by atomic mass is 35.5. The van der Waals surface area contributed by atoms with Gasteiger partial charge in [0.25, 0.3) is 30.4 Å². The van der Waals surface area contributed by atoms with Crippen LogP contribution in [0.5, 0.6) is 0 Å². The Bertz CT molecular complexity index is 2160. The van der Waals surface area contributed by atoms with Gasteiger partial charge in [-0.3, -0.25) is 13.7 Å². The highest BCUT2D eigenvalue weighted by Gasteiger charge is 2.25. The molecule has 0 fully saturated rings. The number of hydrogen-bond donors (Lipinski definition) is 6. The fourth-order valence-corrected chi connectivity index (χ4v) is 5.96. The van der Waals surface area contributed by atoms with Crippen molar-refractivity contribution in [3.63, 3.8) is 0 Å². The molecule has 0 aliphatic rings. The Morgan fingerprint density at radius 3 is 1.91 bits per heavy atom. The zero-order valence-electron chi connectivity index (χ0n) is 20.5. The summed E-state index contributed by atoms with van der Waals surface area (Å²) >= 11 is 11.5. The first-order chi connectivity index (χ1) is 19.8. The van der Waals surface area contributed by atoms with E-state index in [1.165, 1.54) is 18.2 Å². The number of carbonyl (C=O) groups excluding carboxylic acids is 1. The van der Waals surface area contributed by atoms with Gasteiger partial charge in [-0.2, -0.15) is 45.3 Å². The lowest BCUT2D eigenvalue weighted by molar-refractivity contribution is 0.259. The Morgan fingerprint density at radius 1 is 0.767 bits per heavy atom. The SMILES string of the molecule is NC(=O)Nc1cc(Nc2nc(Cl)nc(Cl)n2)ccc1N=Nc1cc(S(=O)(=O)O)c2cc(S(=O)(=O)O)cc(S(=O)(=O)O)c2c1. The third-order valence-electron chi connectivity index (χ3n) is 5.17. The van der Waals surface area contributed by atoms with Crippen LogP contribution in [0.3, 0.4) is 0 Å². The molecule has 2 amide bonds. The van der Waals surface area contributed by atoms with Gasteiger partial charge in [-0.15, -0.1) is 5.11 Å². The van der Waals surface area contributed by atoms with E-state index in [-0.39, 0.29) is 33.6 Å². The molecule has 7 N–H and O–H groups in total. The van der Waals surface area contributed by atoms with Crippen molar-refractivity contribution in [3.05, 3.63) is 53.0 Å². The molecule has 0 aliphatic carbocycles. The molecule has 4 aromatic rings. The second-order valence-electron chi connectivity index (χ2n) is 8.13. The molecule has 0 spiro atoms.